The van der Waals surface area contributed by atoms with E-state index in [9.17, 15) is 9.59 Å². The summed E-state index contributed by atoms with van der Waals surface area (Å²) in [7, 11) is 0. The van der Waals surface area contributed by atoms with Crippen molar-refractivity contribution in [2.45, 2.75) is 25.3 Å². The zero-order valence-electron chi connectivity index (χ0n) is 15.2. The van der Waals surface area contributed by atoms with Gasteiger partial charge in [0.15, 0.2) is 0 Å². The van der Waals surface area contributed by atoms with Crippen molar-refractivity contribution < 1.29 is 9.59 Å². The van der Waals surface area contributed by atoms with Crippen molar-refractivity contribution in [2.75, 3.05) is 34.8 Å². The van der Waals surface area contributed by atoms with Crippen LogP contribution in [0.4, 0.5) is 17.1 Å². The van der Waals surface area contributed by atoms with Crippen molar-refractivity contribution in [1.29, 1.82) is 0 Å². The average Bonchev–Trinajstić information content (AvgIpc) is 3.07. The van der Waals surface area contributed by atoms with Crippen LogP contribution < -0.4 is 20.9 Å². The van der Waals surface area contributed by atoms with Gasteiger partial charge >= 0.3 is 0 Å². The molecule has 3 N–H and O–H groups in total. The quantitative estimate of drug-likeness (QED) is 0.852. The van der Waals surface area contributed by atoms with Crippen molar-refractivity contribution in [1.82, 2.24) is 0 Å². The van der Waals surface area contributed by atoms with E-state index in [-0.39, 0.29) is 17.9 Å². The number of nitrogens with one attached hydrogen (secondary N) is 1. The molecule has 0 saturated carbocycles. The molecule has 2 aromatic carbocycles. The van der Waals surface area contributed by atoms with Crippen LogP contribution in [0.25, 0.3) is 0 Å². The Labute approximate surface area is 158 Å². The molecule has 2 amide bonds. The number of fused-ring (bicyclic) bond motifs is 1. The Hall–Kier alpha value is -3.02. The lowest BCUT2D eigenvalue weighted by Gasteiger charge is -2.44. The molecular formula is C21H24N4O2. The lowest BCUT2D eigenvalue weighted by atomic mass is 10.0. The zero-order chi connectivity index (χ0) is 18.8. The van der Waals surface area contributed by atoms with E-state index in [0.29, 0.717) is 19.3 Å². The molecule has 27 heavy (non-hydrogen) atoms. The highest BCUT2D eigenvalue weighted by Crippen LogP contribution is 2.35. The summed E-state index contributed by atoms with van der Waals surface area (Å²) >= 11 is 0. The average molecular weight is 364 g/mol. The number of primary amides is 1. The molecule has 1 fully saturated rings. The van der Waals surface area contributed by atoms with E-state index in [0.717, 1.165) is 36.6 Å². The van der Waals surface area contributed by atoms with Crippen LogP contribution in [0.1, 0.15) is 18.4 Å². The Morgan fingerprint density at radius 2 is 1.93 bits per heavy atom. The van der Waals surface area contributed by atoms with Gasteiger partial charge in [-0.15, -0.1) is 0 Å². The number of hydrogen-bond donors (Lipinski definition) is 2. The summed E-state index contributed by atoms with van der Waals surface area (Å²) in [5.41, 5.74) is 9.66. The minimum absolute atomic E-state index is 0.0362. The molecule has 6 nitrogen and oxygen atoms in total. The van der Waals surface area contributed by atoms with Crippen LogP contribution in [-0.4, -0.2) is 37.5 Å². The molecular weight excluding hydrogens is 340 g/mol. The van der Waals surface area contributed by atoms with Gasteiger partial charge in [-0.3, -0.25) is 9.59 Å². The number of nitrogens with zero attached hydrogens (tertiary/aromatic N) is 2. The normalized spacial score (nSPS) is 19.0. The number of rotatable bonds is 5. The van der Waals surface area contributed by atoms with E-state index in [1.54, 1.807) is 0 Å². The van der Waals surface area contributed by atoms with Gasteiger partial charge in [-0.25, -0.2) is 0 Å². The first-order chi connectivity index (χ1) is 13.1. The minimum Gasteiger partial charge on any atom is -0.370 e. The van der Waals surface area contributed by atoms with E-state index in [4.69, 9.17) is 5.73 Å². The van der Waals surface area contributed by atoms with Crippen molar-refractivity contribution >= 4 is 28.9 Å². The van der Waals surface area contributed by atoms with E-state index in [1.807, 2.05) is 30.3 Å². The smallest absolute Gasteiger partial charge is 0.228 e. The summed E-state index contributed by atoms with van der Waals surface area (Å²) in [4.78, 5) is 28.0. The molecule has 0 radical (unpaired) electrons. The minimum atomic E-state index is -0.276. The van der Waals surface area contributed by atoms with Crippen LogP contribution in [0.15, 0.2) is 48.5 Å². The summed E-state index contributed by atoms with van der Waals surface area (Å²) in [6.07, 6.45) is 1.46. The van der Waals surface area contributed by atoms with E-state index < -0.39 is 0 Å². The van der Waals surface area contributed by atoms with Crippen LogP contribution >= 0.6 is 0 Å². The van der Waals surface area contributed by atoms with Crippen molar-refractivity contribution in [3.8, 4) is 0 Å². The van der Waals surface area contributed by atoms with Crippen LogP contribution in [-0.2, 0) is 16.0 Å². The van der Waals surface area contributed by atoms with Gasteiger partial charge in [0.05, 0.1) is 6.42 Å². The molecule has 0 spiro atoms. The Balaban J connectivity index is 1.61. The fraction of sp³-hybridized carbons (Fsp3) is 0.333. The van der Waals surface area contributed by atoms with Crippen molar-refractivity contribution in [2.24, 2.45) is 5.73 Å². The molecule has 1 atom stereocenters. The fourth-order valence-electron chi connectivity index (χ4n) is 4.10. The van der Waals surface area contributed by atoms with Crippen LogP contribution in [0, 0.1) is 0 Å². The lowest BCUT2D eigenvalue weighted by molar-refractivity contribution is -0.118. The van der Waals surface area contributed by atoms with E-state index in [2.05, 4.69) is 33.3 Å². The van der Waals surface area contributed by atoms with E-state index in [1.165, 1.54) is 5.69 Å². The van der Waals surface area contributed by atoms with Crippen LogP contribution in [0.2, 0.25) is 0 Å². The number of benzene rings is 2. The maximum atomic E-state index is 11.9. The number of carbonyl (C=O) groups excluding carboxylic acids is 2. The zero-order valence-corrected chi connectivity index (χ0v) is 15.2. The highest BCUT2D eigenvalue weighted by atomic mass is 16.2. The molecule has 140 valence electrons. The second-order valence-corrected chi connectivity index (χ2v) is 7.16. The Morgan fingerprint density at radius 3 is 2.70 bits per heavy atom. The molecule has 0 aromatic heterocycles. The number of nitrogens with two attached hydrogens (primary N) is 1. The number of amides is 2. The summed E-state index contributed by atoms with van der Waals surface area (Å²) in [6.45, 7) is 2.55. The fourth-order valence-corrected chi connectivity index (χ4v) is 4.10. The number of hydrogen-bond acceptors (Lipinski definition) is 4. The van der Waals surface area contributed by atoms with Crippen LogP contribution in [0.3, 0.4) is 0 Å². The van der Waals surface area contributed by atoms with Crippen molar-refractivity contribution in [3.63, 3.8) is 0 Å². The van der Waals surface area contributed by atoms with Crippen molar-refractivity contribution in [3.05, 3.63) is 54.1 Å². The highest BCUT2D eigenvalue weighted by molar-refractivity contribution is 6.01. The van der Waals surface area contributed by atoms with Crippen LogP contribution in [0.5, 0.6) is 0 Å². The highest BCUT2D eigenvalue weighted by Gasteiger charge is 2.31. The number of carbonyl (C=O) groups is 2. The molecule has 4 rings (SSSR count). The van der Waals surface area contributed by atoms with Gasteiger partial charge in [0.2, 0.25) is 11.8 Å². The third-order valence-electron chi connectivity index (χ3n) is 5.40. The number of anilines is 3. The van der Waals surface area contributed by atoms with Gasteiger partial charge in [-0.05, 0) is 30.7 Å². The lowest BCUT2D eigenvalue weighted by Crippen LogP contribution is -2.54. The summed E-state index contributed by atoms with van der Waals surface area (Å²) < 4.78 is 0. The summed E-state index contributed by atoms with van der Waals surface area (Å²) in [6, 6.07) is 16.5. The van der Waals surface area contributed by atoms with Gasteiger partial charge in [0.1, 0.15) is 0 Å². The topological polar surface area (TPSA) is 78.7 Å². The maximum absolute atomic E-state index is 11.9. The van der Waals surface area contributed by atoms with Gasteiger partial charge in [-0.1, -0.05) is 24.3 Å². The SMILES string of the molecule is NC(=O)CCC1CN(c2ccccc2)CCN1c1cccc2c1CC(=O)N2. The molecule has 2 aliphatic heterocycles. The number of piperazine rings is 1. The van der Waals surface area contributed by atoms with E-state index >= 15 is 0 Å². The molecule has 2 aliphatic rings. The standard InChI is InChI=1S/C21H24N4O2/c22-20(26)10-9-16-14-24(15-5-2-1-3-6-15)11-12-25(16)19-8-4-7-18-17(19)13-21(27)23-18/h1-8,16H,9-14H2,(H2,22,26)(H,23,27). The Kier molecular flexibility index (Phi) is 4.71. The predicted molar refractivity (Wildman–Crippen MR) is 107 cm³/mol. The monoisotopic (exact) mass is 364 g/mol. The molecule has 2 heterocycles. The first kappa shape index (κ1) is 17.4. The van der Waals surface area contributed by atoms with Gasteiger partial charge in [0.25, 0.3) is 0 Å². The first-order valence-corrected chi connectivity index (χ1v) is 9.38. The summed E-state index contributed by atoms with van der Waals surface area (Å²) in [5.74, 6) is -0.240. The van der Waals surface area contributed by atoms with Gasteiger partial charge < -0.3 is 20.9 Å². The second-order valence-electron chi connectivity index (χ2n) is 7.16. The third kappa shape index (κ3) is 3.60. The van der Waals surface area contributed by atoms with Gasteiger partial charge in [0, 0.05) is 54.7 Å². The summed E-state index contributed by atoms with van der Waals surface area (Å²) in [5, 5.41) is 2.93. The Morgan fingerprint density at radius 1 is 1.11 bits per heavy atom. The predicted octanol–water partition coefficient (Wildman–Crippen LogP) is 2.14. The molecule has 1 unspecified atom stereocenters. The molecule has 6 heteroatoms. The van der Waals surface area contributed by atoms with Gasteiger partial charge in [-0.2, -0.15) is 0 Å². The molecule has 0 bridgehead atoms. The second kappa shape index (κ2) is 7.31. The molecule has 2 aromatic rings. The molecule has 0 aliphatic carbocycles. The number of para-hydroxylation sites is 1. The first-order valence-electron chi connectivity index (χ1n) is 9.38. The maximum Gasteiger partial charge on any atom is 0.228 e. The Bertz CT molecular complexity index is 853. The third-order valence-corrected chi connectivity index (χ3v) is 5.40. The largest absolute Gasteiger partial charge is 0.370 e. The molecule has 1 saturated heterocycles.